The maximum Gasteiger partial charge on any atom is 0.229 e. The van der Waals surface area contributed by atoms with Crippen molar-refractivity contribution in [3.8, 4) is 21.9 Å². The van der Waals surface area contributed by atoms with E-state index in [0.717, 1.165) is 58.6 Å². The molecule has 0 unspecified atom stereocenters. The highest BCUT2D eigenvalue weighted by atomic mass is 32.1. The number of benzene rings is 2. The molecule has 0 radical (unpaired) electrons. The lowest BCUT2D eigenvalue weighted by Gasteiger charge is -2.13. The summed E-state index contributed by atoms with van der Waals surface area (Å²) in [4.78, 5) is 18.1. The second kappa shape index (κ2) is 9.61. The number of thiazole rings is 1. The predicted octanol–water partition coefficient (Wildman–Crippen LogP) is 5.88. The van der Waals surface area contributed by atoms with Gasteiger partial charge in [-0.3, -0.25) is 4.79 Å². The van der Waals surface area contributed by atoms with Gasteiger partial charge in [0, 0.05) is 23.7 Å². The molecular weight excluding hydrogens is 422 g/mol. The zero-order chi connectivity index (χ0) is 22.7. The zero-order valence-corrected chi connectivity index (χ0v) is 19.5. The summed E-state index contributed by atoms with van der Waals surface area (Å²) in [5.74, 6) is 1.14. The van der Waals surface area contributed by atoms with Crippen molar-refractivity contribution in [3.05, 3.63) is 53.2 Å². The number of anilines is 2. The molecule has 0 spiro atoms. The molecule has 1 aliphatic carbocycles. The van der Waals surface area contributed by atoms with Gasteiger partial charge in [-0.25, -0.2) is 4.98 Å². The number of hydrogen-bond donors (Lipinski definition) is 3. The van der Waals surface area contributed by atoms with Crippen LogP contribution in [0.4, 0.5) is 10.8 Å². The number of hydrogen-bond acceptors (Lipinski definition) is 6. The fraction of sp³-hybridized carbons (Fsp3) is 0.360. The number of phenolic OH excluding ortho intramolecular Hbond substituents is 1. The van der Waals surface area contributed by atoms with E-state index < -0.39 is 0 Å². The number of phenols is 1. The van der Waals surface area contributed by atoms with E-state index in [9.17, 15) is 9.90 Å². The van der Waals surface area contributed by atoms with Gasteiger partial charge < -0.3 is 20.5 Å². The lowest BCUT2D eigenvalue weighted by Crippen LogP contribution is -2.20. The molecule has 1 heterocycles. The van der Waals surface area contributed by atoms with Crippen molar-refractivity contribution in [3.63, 3.8) is 0 Å². The molecule has 0 saturated heterocycles. The van der Waals surface area contributed by atoms with E-state index in [0.29, 0.717) is 17.4 Å². The minimum atomic E-state index is 0.0900. The maximum atomic E-state index is 12.5. The SMILES string of the molecule is COc1ccc(O)c(CNc2cc(-c3sc(NC(=O)C4CCCC4)nc3C)ccc2C)c1. The molecular formula is C25H29N3O3S. The third kappa shape index (κ3) is 4.88. The molecule has 4 rings (SSSR count). The van der Waals surface area contributed by atoms with E-state index >= 15 is 0 Å². The zero-order valence-electron chi connectivity index (χ0n) is 18.7. The average Bonchev–Trinajstić information content (AvgIpc) is 3.44. The molecule has 1 amide bonds. The molecule has 1 saturated carbocycles. The Morgan fingerprint density at radius 2 is 1.97 bits per heavy atom. The van der Waals surface area contributed by atoms with Crippen LogP contribution in [0.3, 0.4) is 0 Å². The summed E-state index contributed by atoms with van der Waals surface area (Å²) in [6.45, 7) is 4.49. The first kappa shape index (κ1) is 22.1. The summed E-state index contributed by atoms with van der Waals surface area (Å²) < 4.78 is 5.26. The smallest absolute Gasteiger partial charge is 0.229 e. The van der Waals surface area contributed by atoms with Crippen LogP contribution in [-0.2, 0) is 11.3 Å². The number of aryl methyl sites for hydroxylation is 2. The van der Waals surface area contributed by atoms with Gasteiger partial charge >= 0.3 is 0 Å². The number of ether oxygens (including phenoxy) is 1. The Balaban J connectivity index is 1.51. The highest BCUT2D eigenvalue weighted by molar-refractivity contribution is 7.19. The molecule has 168 valence electrons. The minimum absolute atomic E-state index is 0.0900. The Hall–Kier alpha value is -3.06. The van der Waals surface area contributed by atoms with Crippen LogP contribution in [0, 0.1) is 19.8 Å². The summed E-state index contributed by atoms with van der Waals surface area (Å²) in [7, 11) is 1.61. The summed E-state index contributed by atoms with van der Waals surface area (Å²) in [5, 5.41) is 17.3. The molecule has 0 atom stereocenters. The molecule has 32 heavy (non-hydrogen) atoms. The Bertz CT molecular complexity index is 1120. The molecule has 1 aromatic heterocycles. The van der Waals surface area contributed by atoms with Crippen LogP contribution < -0.4 is 15.4 Å². The van der Waals surface area contributed by atoms with E-state index in [-0.39, 0.29) is 17.6 Å². The van der Waals surface area contributed by atoms with Gasteiger partial charge in [-0.15, -0.1) is 0 Å². The predicted molar refractivity (Wildman–Crippen MR) is 130 cm³/mol. The number of carbonyl (C=O) groups excluding carboxylic acids is 1. The van der Waals surface area contributed by atoms with Crippen LogP contribution >= 0.6 is 11.3 Å². The Kier molecular flexibility index (Phi) is 6.65. The monoisotopic (exact) mass is 451 g/mol. The third-order valence-electron chi connectivity index (χ3n) is 6.01. The molecule has 1 fully saturated rings. The maximum absolute atomic E-state index is 12.5. The van der Waals surface area contributed by atoms with E-state index in [2.05, 4.69) is 33.8 Å². The fourth-order valence-electron chi connectivity index (χ4n) is 4.09. The highest BCUT2D eigenvalue weighted by Crippen LogP contribution is 2.36. The summed E-state index contributed by atoms with van der Waals surface area (Å²) in [6.07, 6.45) is 4.21. The van der Waals surface area contributed by atoms with Crippen molar-refractivity contribution in [1.82, 2.24) is 4.98 Å². The van der Waals surface area contributed by atoms with Crippen molar-refractivity contribution in [2.75, 3.05) is 17.7 Å². The number of amides is 1. The Morgan fingerprint density at radius 3 is 2.72 bits per heavy atom. The first-order valence-corrected chi connectivity index (χ1v) is 11.8. The van der Waals surface area contributed by atoms with E-state index in [1.165, 1.54) is 11.3 Å². The standard InChI is InChI=1S/C25H29N3O3S/c1-15-8-9-18(13-21(15)26-14-19-12-20(31-3)10-11-22(19)29)23-16(2)27-25(32-23)28-24(30)17-6-4-5-7-17/h8-13,17,26,29H,4-7,14H2,1-3H3,(H,27,28,30). The molecule has 6 nitrogen and oxygen atoms in total. The first-order valence-electron chi connectivity index (χ1n) is 10.9. The normalized spacial score (nSPS) is 13.8. The quantitative estimate of drug-likeness (QED) is 0.418. The number of rotatable bonds is 7. The fourth-order valence-corrected chi connectivity index (χ4v) is 5.05. The number of carbonyl (C=O) groups is 1. The van der Waals surface area contributed by atoms with E-state index in [1.54, 1.807) is 19.2 Å². The first-order chi connectivity index (χ1) is 15.4. The van der Waals surface area contributed by atoms with Crippen LogP contribution in [-0.4, -0.2) is 23.1 Å². The lowest BCUT2D eigenvalue weighted by atomic mass is 10.1. The molecule has 0 aliphatic heterocycles. The highest BCUT2D eigenvalue weighted by Gasteiger charge is 2.24. The van der Waals surface area contributed by atoms with Crippen LogP contribution in [0.2, 0.25) is 0 Å². The van der Waals surface area contributed by atoms with Crippen LogP contribution in [0.5, 0.6) is 11.5 Å². The van der Waals surface area contributed by atoms with Crippen molar-refractivity contribution >= 4 is 28.1 Å². The van der Waals surface area contributed by atoms with E-state index in [1.807, 2.05) is 19.9 Å². The van der Waals surface area contributed by atoms with Crippen LogP contribution in [0.15, 0.2) is 36.4 Å². The number of nitrogens with one attached hydrogen (secondary N) is 2. The molecule has 3 N–H and O–H groups in total. The summed E-state index contributed by atoms with van der Waals surface area (Å²) in [5.41, 5.74) is 4.79. The Morgan fingerprint density at radius 1 is 1.19 bits per heavy atom. The molecule has 3 aromatic rings. The topological polar surface area (TPSA) is 83.5 Å². The van der Waals surface area contributed by atoms with Gasteiger partial charge in [0.1, 0.15) is 11.5 Å². The number of aromatic nitrogens is 1. The second-order valence-electron chi connectivity index (χ2n) is 8.28. The van der Waals surface area contributed by atoms with Crippen LogP contribution in [0.25, 0.3) is 10.4 Å². The number of aromatic hydroxyl groups is 1. The van der Waals surface area contributed by atoms with Gasteiger partial charge in [-0.2, -0.15) is 0 Å². The van der Waals surface area contributed by atoms with Gasteiger partial charge in [0.2, 0.25) is 5.91 Å². The summed E-state index contributed by atoms with van der Waals surface area (Å²) in [6, 6.07) is 11.4. The van der Waals surface area contributed by atoms with Gasteiger partial charge in [0.15, 0.2) is 5.13 Å². The lowest BCUT2D eigenvalue weighted by molar-refractivity contribution is -0.119. The van der Waals surface area contributed by atoms with Crippen LogP contribution in [0.1, 0.15) is 42.5 Å². The van der Waals surface area contributed by atoms with Crippen molar-refractivity contribution in [1.29, 1.82) is 0 Å². The third-order valence-corrected chi connectivity index (χ3v) is 7.13. The number of nitrogens with zero attached hydrogens (tertiary/aromatic N) is 1. The second-order valence-corrected chi connectivity index (χ2v) is 9.28. The molecule has 0 bridgehead atoms. The average molecular weight is 452 g/mol. The Labute approximate surface area is 192 Å². The molecule has 2 aromatic carbocycles. The van der Waals surface area contributed by atoms with E-state index in [4.69, 9.17) is 4.74 Å². The molecule has 1 aliphatic rings. The minimum Gasteiger partial charge on any atom is -0.508 e. The molecule has 7 heteroatoms. The van der Waals surface area contributed by atoms with Gasteiger partial charge in [0.05, 0.1) is 17.7 Å². The van der Waals surface area contributed by atoms with Gasteiger partial charge in [0.25, 0.3) is 0 Å². The van der Waals surface area contributed by atoms with Gasteiger partial charge in [-0.1, -0.05) is 36.3 Å². The van der Waals surface area contributed by atoms with Crippen molar-refractivity contribution in [2.45, 2.75) is 46.1 Å². The largest absolute Gasteiger partial charge is 0.508 e. The van der Waals surface area contributed by atoms with Gasteiger partial charge in [-0.05, 0) is 62.1 Å². The summed E-state index contributed by atoms with van der Waals surface area (Å²) >= 11 is 1.51. The van der Waals surface area contributed by atoms with Crippen molar-refractivity contribution < 1.29 is 14.6 Å². The number of methoxy groups -OCH3 is 1. The van der Waals surface area contributed by atoms with Crippen molar-refractivity contribution in [2.24, 2.45) is 5.92 Å².